The number of hydrogen-bond acceptors (Lipinski definition) is 4. The van der Waals surface area contributed by atoms with Crippen LogP contribution in [0.4, 0.5) is 0 Å². The first kappa shape index (κ1) is 15.3. The Hall–Kier alpha value is -2.11. The molecule has 6 heteroatoms. The maximum absolute atomic E-state index is 12.3. The summed E-state index contributed by atoms with van der Waals surface area (Å²) in [6, 6.07) is 3.43. The predicted molar refractivity (Wildman–Crippen MR) is 78.1 cm³/mol. The van der Waals surface area contributed by atoms with Gasteiger partial charge in [-0.05, 0) is 12.1 Å². The van der Waals surface area contributed by atoms with Gasteiger partial charge in [-0.25, -0.2) is 4.98 Å². The molecule has 6 nitrogen and oxygen atoms in total. The van der Waals surface area contributed by atoms with Gasteiger partial charge in [0.1, 0.15) is 11.7 Å². The fourth-order valence-electron chi connectivity index (χ4n) is 2.36. The van der Waals surface area contributed by atoms with Gasteiger partial charge in [-0.15, -0.1) is 0 Å². The minimum absolute atomic E-state index is 0.0152. The van der Waals surface area contributed by atoms with E-state index in [-0.39, 0.29) is 23.8 Å². The molecule has 2 atom stereocenters. The quantitative estimate of drug-likeness (QED) is 0.816. The van der Waals surface area contributed by atoms with Gasteiger partial charge in [0.05, 0.1) is 6.54 Å². The second-order valence-electron chi connectivity index (χ2n) is 5.57. The normalized spacial score (nSPS) is 21.9. The summed E-state index contributed by atoms with van der Waals surface area (Å²) in [6.45, 7) is 4.57. The average molecular weight is 291 g/mol. The smallest absolute Gasteiger partial charge is 0.259 e. The first-order chi connectivity index (χ1) is 9.90. The number of aromatic nitrogens is 1. The molecule has 0 radical (unpaired) electrons. The fraction of sp³-hybridized carbons (Fsp3) is 0.533. The van der Waals surface area contributed by atoms with Gasteiger partial charge in [0.2, 0.25) is 11.8 Å². The van der Waals surface area contributed by atoms with Crippen LogP contribution in [0.15, 0.2) is 18.3 Å². The second kappa shape index (κ2) is 6.11. The zero-order valence-corrected chi connectivity index (χ0v) is 12.9. The number of amides is 2. The fourth-order valence-corrected chi connectivity index (χ4v) is 2.36. The molecule has 2 heterocycles. The Morgan fingerprint density at radius 3 is 2.95 bits per heavy atom. The van der Waals surface area contributed by atoms with Crippen molar-refractivity contribution in [2.24, 2.45) is 5.92 Å². The highest BCUT2D eigenvalue weighted by Gasteiger charge is 2.30. The van der Waals surface area contributed by atoms with Crippen LogP contribution in [0.3, 0.4) is 0 Å². The van der Waals surface area contributed by atoms with Crippen molar-refractivity contribution in [3.8, 4) is 5.88 Å². The van der Waals surface area contributed by atoms with Gasteiger partial charge in [-0.1, -0.05) is 6.92 Å². The molecule has 1 aromatic heterocycles. The first-order valence-corrected chi connectivity index (χ1v) is 6.99. The van der Waals surface area contributed by atoms with Crippen molar-refractivity contribution in [2.45, 2.75) is 20.0 Å². The Morgan fingerprint density at radius 2 is 2.29 bits per heavy atom. The van der Waals surface area contributed by atoms with Crippen LogP contribution in [0.25, 0.3) is 0 Å². The van der Waals surface area contributed by atoms with E-state index in [1.165, 1.54) is 6.92 Å². The molecule has 114 valence electrons. The molecule has 0 aromatic carbocycles. The van der Waals surface area contributed by atoms with Crippen molar-refractivity contribution in [1.29, 1.82) is 0 Å². The molecule has 0 bridgehead atoms. The van der Waals surface area contributed by atoms with Crippen LogP contribution < -0.4 is 4.74 Å². The summed E-state index contributed by atoms with van der Waals surface area (Å²) < 4.78 is 5.94. The molecule has 1 aliphatic heterocycles. The number of likely N-dealkylation sites (N-methyl/N-ethyl adjacent to an activating group) is 1. The summed E-state index contributed by atoms with van der Waals surface area (Å²) in [5.74, 6) is 0.320. The minimum Gasteiger partial charge on any atom is -0.472 e. The van der Waals surface area contributed by atoms with E-state index in [2.05, 4.69) is 4.98 Å². The summed E-state index contributed by atoms with van der Waals surface area (Å²) in [5, 5.41) is 0. The molecule has 2 rings (SSSR count). The highest BCUT2D eigenvalue weighted by atomic mass is 16.5. The van der Waals surface area contributed by atoms with E-state index >= 15 is 0 Å². The van der Waals surface area contributed by atoms with Crippen molar-refractivity contribution in [3.63, 3.8) is 0 Å². The van der Waals surface area contributed by atoms with E-state index < -0.39 is 0 Å². The number of nitrogens with zero attached hydrogens (tertiary/aromatic N) is 3. The van der Waals surface area contributed by atoms with Crippen molar-refractivity contribution < 1.29 is 14.3 Å². The number of rotatable bonds is 2. The number of fused-ring (bicyclic) bond motifs is 1. The molecule has 0 unspecified atom stereocenters. The van der Waals surface area contributed by atoms with Crippen molar-refractivity contribution >= 4 is 11.8 Å². The Bertz CT molecular complexity index is 547. The number of carbonyl (C=O) groups is 2. The SMILES string of the molecule is CC(=O)N(C)C[C@@H]1Oc2ncccc2C(=O)N(C)C[C@@H]1C. The van der Waals surface area contributed by atoms with Gasteiger partial charge in [0.25, 0.3) is 5.91 Å². The topological polar surface area (TPSA) is 62.7 Å². The molecule has 0 saturated carbocycles. The Balaban J connectivity index is 2.31. The molecular formula is C15H21N3O3. The maximum atomic E-state index is 12.3. The zero-order chi connectivity index (χ0) is 15.6. The number of hydrogen-bond donors (Lipinski definition) is 0. The van der Waals surface area contributed by atoms with E-state index in [9.17, 15) is 9.59 Å². The van der Waals surface area contributed by atoms with Crippen molar-refractivity contribution in [1.82, 2.24) is 14.8 Å². The molecule has 0 aliphatic carbocycles. The third-order valence-electron chi connectivity index (χ3n) is 3.80. The van der Waals surface area contributed by atoms with Crippen molar-refractivity contribution in [2.75, 3.05) is 27.2 Å². The lowest BCUT2D eigenvalue weighted by Crippen LogP contribution is -2.46. The van der Waals surface area contributed by atoms with Gasteiger partial charge in [0, 0.05) is 39.7 Å². The highest BCUT2D eigenvalue weighted by molar-refractivity contribution is 5.96. The molecule has 2 amide bonds. The Morgan fingerprint density at radius 1 is 1.57 bits per heavy atom. The van der Waals surface area contributed by atoms with Crippen LogP contribution >= 0.6 is 0 Å². The monoisotopic (exact) mass is 291 g/mol. The van der Waals surface area contributed by atoms with E-state index in [1.54, 1.807) is 42.2 Å². The summed E-state index contributed by atoms with van der Waals surface area (Å²) in [6.07, 6.45) is 1.40. The number of pyridine rings is 1. The molecule has 0 saturated heterocycles. The Kier molecular flexibility index (Phi) is 4.45. The van der Waals surface area contributed by atoms with E-state index in [1.807, 2.05) is 6.92 Å². The number of carbonyl (C=O) groups excluding carboxylic acids is 2. The largest absolute Gasteiger partial charge is 0.472 e. The van der Waals surface area contributed by atoms with E-state index in [0.717, 1.165) is 0 Å². The zero-order valence-electron chi connectivity index (χ0n) is 12.9. The van der Waals surface area contributed by atoms with Crippen LogP contribution in [-0.2, 0) is 4.79 Å². The van der Waals surface area contributed by atoms with E-state index in [4.69, 9.17) is 4.74 Å². The summed E-state index contributed by atoms with van der Waals surface area (Å²) in [4.78, 5) is 31.2. The van der Waals surface area contributed by atoms with Crippen LogP contribution in [0.1, 0.15) is 24.2 Å². The molecule has 21 heavy (non-hydrogen) atoms. The molecule has 1 aliphatic rings. The van der Waals surface area contributed by atoms with Crippen LogP contribution in [0, 0.1) is 5.92 Å². The summed E-state index contributed by atoms with van der Waals surface area (Å²) in [5.41, 5.74) is 0.461. The van der Waals surface area contributed by atoms with Crippen molar-refractivity contribution in [3.05, 3.63) is 23.9 Å². The third-order valence-corrected chi connectivity index (χ3v) is 3.80. The lowest BCUT2D eigenvalue weighted by Gasteiger charge is -2.33. The summed E-state index contributed by atoms with van der Waals surface area (Å²) in [7, 11) is 3.51. The minimum atomic E-state index is -0.205. The molecule has 0 N–H and O–H groups in total. The van der Waals surface area contributed by atoms with Gasteiger partial charge >= 0.3 is 0 Å². The van der Waals surface area contributed by atoms with Gasteiger partial charge < -0.3 is 14.5 Å². The standard InChI is InChI=1S/C15H21N3O3/c1-10-8-18(4)15(20)12-6-5-7-16-14(12)21-13(10)9-17(3)11(2)19/h5-7,10,13H,8-9H2,1-4H3/t10-,13-/m0/s1. The Labute approximate surface area is 124 Å². The third kappa shape index (κ3) is 3.32. The van der Waals surface area contributed by atoms with Gasteiger partial charge in [-0.2, -0.15) is 0 Å². The molecule has 0 fully saturated rings. The van der Waals surface area contributed by atoms with Crippen LogP contribution in [-0.4, -0.2) is 59.9 Å². The van der Waals surface area contributed by atoms with Gasteiger partial charge in [-0.3, -0.25) is 9.59 Å². The number of ether oxygens (including phenoxy) is 1. The van der Waals surface area contributed by atoms with E-state index in [0.29, 0.717) is 24.5 Å². The van der Waals surface area contributed by atoms with Gasteiger partial charge in [0.15, 0.2) is 0 Å². The lowest BCUT2D eigenvalue weighted by molar-refractivity contribution is -0.129. The first-order valence-electron chi connectivity index (χ1n) is 6.99. The van der Waals surface area contributed by atoms with Crippen LogP contribution in [0.5, 0.6) is 5.88 Å². The predicted octanol–water partition coefficient (Wildman–Crippen LogP) is 1.03. The second-order valence-corrected chi connectivity index (χ2v) is 5.57. The molecular weight excluding hydrogens is 270 g/mol. The maximum Gasteiger partial charge on any atom is 0.259 e. The average Bonchev–Trinajstić information content (AvgIpc) is 2.45. The summed E-state index contributed by atoms with van der Waals surface area (Å²) >= 11 is 0. The molecule has 0 spiro atoms. The van der Waals surface area contributed by atoms with Crippen LogP contribution in [0.2, 0.25) is 0 Å². The molecule has 1 aromatic rings. The highest BCUT2D eigenvalue weighted by Crippen LogP contribution is 2.24. The lowest BCUT2D eigenvalue weighted by atomic mass is 10.0.